The zero-order chi connectivity index (χ0) is 18.4. The lowest BCUT2D eigenvalue weighted by Crippen LogP contribution is -2.32. The van der Waals surface area contributed by atoms with Crippen LogP contribution in [0.3, 0.4) is 0 Å². The fourth-order valence-electron chi connectivity index (χ4n) is 2.92. The van der Waals surface area contributed by atoms with Gasteiger partial charge in [-0.3, -0.25) is 9.59 Å². The van der Waals surface area contributed by atoms with Crippen LogP contribution < -0.4 is 14.8 Å². The number of ether oxygens (including phenoxy) is 3. The van der Waals surface area contributed by atoms with Gasteiger partial charge in [0.25, 0.3) is 11.8 Å². The van der Waals surface area contributed by atoms with Gasteiger partial charge in [0.1, 0.15) is 6.10 Å². The Kier molecular flexibility index (Phi) is 6.64. The number of nitrogens with zero attached hydrogens (tertiary/aromatic N) is 1. The molecule has 7 nitrogen and oxygen atoms in total. The number of benzene rings is 1. The van der Waals surface area contributed by atoms with Gasteiger partial charge < -0.3 is 24.4 Å². The SMILES string of the molecule is CCC(OC)C(=O)Nc1cc(OC)c(OC)cc1C(=O)N1CCCC1. The third-order valence-electron chi connectivity index (χ3n) is 4.35. The zero-order valence-corrected chi connectivity index (χ0v) is 15.3. The topological polar surface area (TPSA) is 77.1 Å². The monoisotopic (exact) mass is 350 g/mol. The van der Waals surface area contributed by atoms with E-state index in [0.717, 1.165) is 25.9 Å². The van der Waals surface area contributed by atoms with Gasteiger partial charge in [-0.05, 0) is 25.3 Å². The molecule has 0 aliphatic carbocycles. The molecule has 1 unspecified atom stereocenters. The van der Waals surface area contributed by atoms with Gasteiger partial charge in [-0.25, -0.2) is 0 Å². The van der Waals surface area contributed by atoms with Crippen LogP contribution in [0.5, 0.6) is 11.5 Å². The summed E-state index contributed by atoms with van der Waals surface area (Å²) in [6.07, 6.45) is 1.93. The predicted octanol–water partition coefficient (Wildman–Crippen LogP) is 2.30. The molecule has 0 spiro atoms. The van der Waals surface area contributed by atoms with Crippen molar-refractivity contribution in [2.75, 3.05) is 39.7 Å². The smallest absolute Gasteiger partial charge is 0.256 e. The molecule has 1 aliphatic rings. The van der Waals surface area contributed by atoms with Gasteiger partial charge in [-0.2, -0.15) is 0 Å². The number of methoxy groups -OCH3 is 3. The van der Waals surface area contributed by atoms with Crippen molar-refractivity contribution in [1.82, 2.24) is 4.90 Å². The lowest BCUT2D eigenvalue weighted by molar-refractivity contribution is -0.125. The molecule has 2 rings (SSSR count). The highest BCUT2D eigenvalue weighted by Gasteiger charge is 2.26. The van der Waals surface area contributed by atoms with Crippen LogP contribution in [-0.4, -0.2) is 57.2 Å². The molecule has 1 aromatic rings. The van der Waals surface area contributed by atoms with E-state index in [1.807, 2.05) is 6.92 Å². The molecule has 1 fully saturated rings. The third kappa shape index (κ3) is 4.22. The number of anilines is 1. The van der Waals surface area contributed by atoms with Crippen molar-refractivity contribution in [3.8, 4) is 11.5 Å². The minimum Gasteiger partial charge on any atom is -0.493 e. The zero-order valence-electron chi connectivity index (χ0n) is 15.3. The normalized spacial score (nSPS) is 15.0. The van der Waals surface area contributed by atoms with Gasteiger partial charge in [0.2, 0.25) is 0 Å². The Morgan fingerprint density at radius 2 is 1.72 bits per heavy atom. The Labute approximate surface area is 148 Å². The summed E-state index contributed by atoms with van der Waals surface area (Å²) >= 11 is 0. The number of likely N-dealkylation sites (tertiary alicyclic amines) is 1. The highest BCUT2D eigenvalue weighted by atomic mass is 16.5. The summed E-state index contributed by atoms with van der Waals surface area (Å²) in [5, 5.41) is 2.80. The second-order valence-electron chi connectivity index (χ2n) is 5.87. The Morgan fingerprint density at radius 1 is 1.12 bits per heavy atom. The van der Waals surface area contributed by atoms with E-state index in [2.05, 4.69) is 5.32 Å². The summed E-state index contributed by atoms with van der Waals surface area (Å²) in [5.41, 5.74) is 0.786. The van der Waals surface area contributed by atoms with Gasteiger partial charge in [0.15, 0.2) is 11.5 Å². The summed E-state index contributed by atoms with van der Waals surface area (Å²) in [7, 11) is 4.51. The van der Waals surface area contributed by atoms with Gasteiger partial charge in [0.05, 0.1) is 25.5 Å². The average molecular weight is 350 g/mol. The molecule has 1 heterocycles. The standard InChI is InChI=1S/C18H26N2O5/c1-5-14(23-2)17(21)19-13-11-16(25-4)15(24-3)10-12(13)18(22)20-8-6-7-9-20/h10-11,14H,5-9H2,1-4H3,(H,19,21). The van der Waals surface area contributed by atoms with E-state index in [1.165, 1.54) is 21.3 Å². The maximum Gasteiger partial charge on any atom is 0.256 e. The average Bonchev–Trinajstić information content (AvgIpc) is 3.16. The van der Waals surface area contributed by atoms with Crippen LogP contribution in [0, 0.1) is 0 Å². The van der Waals surface area contributed by atoms with Gasteiger partial charge in [0, 0.05) is 26.3 Å². The molecule has 1 aliphatic heterocycles. The van der Waals surface area contributed by atoms with Crippen LogP contribution in [0.2, 0.25) is 0 Å². The van der Waals surface area contributed by atoms with E-state index in [9.17, 15) is 9.59 Å². The number of amides is 2. The van der Waals surface area contributed by atoms with Crippen LogP contribution in [0.15, 0.2) is 12.1 Å². The molecule has 1 atom stereocenters. The molecule has 25 heavy (non-hydrogen) atoms. The fourth-order valence-corrected chi connectivity index (χ4v) is 2.92. The fraction of sp³-hybridized carbons (Fsp3) is 0.556. The number of hydrogen-bond acceptors (Lipinski definition) is 5. The second kappa shape index (κ2) is 8.71. The molecule has 0 radical (unpaired) electrons. The summed E-state index contributed by atoms with van der Waals surface area (Å²) in [4.78, 5) is 27.0. The number of rotatable bonds is 7. The third-order valence-corrected chi connectivity index (χ3v) is 4.35. The quantitative estimate of drug-likeness (QED) is 0.816. The first-order valence-electron chi connectivity index (χ1n) is 8.44. The molecule has 1 saturated heterocycles. The molecular formula is C18H26N2O5. The van der Waals surface area contributed by atoms with Crippen LogP contribution >= 0.6 is 0 Å². The van der Waals surface area contributed by atoms with Crippen molar-refractivity contribution in [2.24, 2.45) is 0 Å². The lowest BCUT2D eigenvalue weighted by atomic mass is 10.1. The van der Waals surface area contributed by atoms with Crippen LogP contribution in [0.25, 0.3) is 0 Å². The first-order valence-corrected chi connectivity index (χ1v) is 8.44. The second-order valence-corrected chi connectivity index (χ2v) is 5.87. The Bertz CT molecular complexity index is 622. The van der Waals surface area contributed by atoms with Gasteiger partial charge in [-0.15, -0.1) is 0 Å². The minimum atomic E-state index is -0.581. The van der Waals surface area contributed by atoms with Gasteiger partial charge in [-0.1, -0.05) is 6.92 Å². The molecule has 0 saturated carbocycles. The van der Waals surface area contributed by atoms with Crippen molar-refractivity contribution < 1.29 is 23.8 Å². The minimum absolute atomic E-state index is 0.126. The summed E-state index contributed by atoms with van der Waals surface area (Å²) in [6, 6.07) is 3.23. The molecule has 7 heteroatoms. The van der Waals surface area contributed by atoms with E-state index in [1.54, 1.807) is 17.0 Å². The first-order chi connectivity index (χ1) is 12.0. The molecule has 0 bridgehead atoms. The molecule has 1 aromatic carbocycles. The maximum atomic E-state index is 12.9. The number of carbonyl (C=O) groups is 2. The van der Waals surface area contributed by atoms with E-state index in [4.69, 9.17) is 14.2 Å². The van der Waals surface area contributed by atoms with Crippen LogP contribution in [-0.2, 0) is 9.53 Å². The lowest BCUT2D eigenvalue weighted by Gasteiger charge is -2.21. The number of carbonyl (C=O) groups excluding carboxylic acids is 2. The number of nitrogens with one attached hydrogen (secondary N) is 1. The molecule has 0 aromatic heterocycles. The van der Waals surface area contributed by atoms with Crippen LogP contribution in [0.4, 0.5) is 5.69 Å². The summed E-state index contributed by atoms with van der Waals surface area (Å²) in [6.45, 7) is 3.30. The van der Waals surface area contributed by atoms with Crippen molar-refractivity contribution in [1.29, 1.82) is 0 Å². The predicted molar refractivity (Wildman–Crippen MR) is 94.4 cm³/mol. The maximum absolute atomic E-state index is 12.9. The highest BCUT2D eigenvalue weighted by molar-refractivity contribution is 6.05. The molecule has 138 valence electrons. The summed E-state index contributed by atoms with van der Waals surface area (Å²) in [5.74, 6) is 0.468. The van der Waals surface area contributed by atoms with E-state index in [0.29, 0.717) is 29.2 Å². The highest BCUT2D eigenvalue weighted by Crippen LogP contribution is 2.34. The van der Waals surface area contributed by atoms with E-state index >= 15 is 0 Å². The molecular weight excluding hydrogens is 324 g/mol. The molecule has 2 amide bonds. The Hall–Kier alpha value is -2.28. The Morgan fingerprint density at radius 3 is 2.24 bits per heavy atom. The first kappa shape index (κ1) is 19.1. The van der Waals surface area contributed by atoms with E-state index < -0.39 is 6.10 Å². The van der Waals surface area contributed by atoms with Crippen molar-refractivity contribution >= 4 is 17.5 Å². The van der Waals surface area contributed by atoms with Crippen molar-refractivity contribution in [3.63, 3.8) is 0 Å². The van der Waals surface area contributed by atoms with Crippen molar-refractivity contribution in [3.05, 3.63) is 17.7 Å². The number of hydrogen-bond donors (Lipinski definition) is 1. The van der Waals surface area contributed by atoms with E-state index in [-0.39, 0.29) is 11.8 Å². The largest absolute Gasteiger partial charge is 0.493 e. The van der Waals surface area contributed by atoms with Crippen LogP contribution in [0.1, 0.15) is 36.5 Å². The Balaban J connectivity index is 2.40. The van der Waals surface area contributed by atoms with Gasteiger partial charge >= 0.3 is 0 Å². The molecule has 1 N–H and O–H groups in total. The summed E-state index contributed by atoms with van der Waals surface area (Å²) < 4.78 is 15.8. The van der Waals surface area contributed by atoms with Crippen molar-refractivity contribution in [2.45, 2.75) is 32.3 Å².